The van der Waals surface area contributed by atoms with Crippen LogP contribution in [0.15, 0.2) is 12.1 Å². The smallest absolute Gasteiger partial charge is 0.227 e. The minimum Gasteiger partial charge on any atom is -0.323 e. The van der Waals surface area contributed by atoms with Crippen molar-refractivity contribution in [3.05, 3.63) is 29.8 Å². The van der Waals surface area contributed by atoms with Crippen molar-refractivity contribution in [1.82, 2.24) is 0 Å². The quantitative estimate of drug-likeness (QED) is 0.776. The van der Waals surface area contributed by atoms with Crippen LogP contribution in [0.4, 0.5) is 14.5 Å². The first-order valence-corrected chi connectivity index (χ1v) is 4.19. The Kier molecular flexibility index (Phi) is 3.17. The molecular weight excluding hydrogens is 188 g/mol. The molecule has 0 atom stereocenters. The molecule has 2 nitrogen and oxygen atoms in total. The molecule has 0 aliphatic rings. The molecule has 0 heterocycles. The van der Waals surface area contributed by atoms with Crippen molar-refractivity contribution in [3.63, 3.8) is 0 Å². The number of carbonyl (C=O) groups is 1. The fourth-order valence-electron chi connectivity index (χ4n) is 0.817. The van der Waals surface area contributed by atoms with Gasteiger partial charge in [0.1, 0.15) is 5.82 Å². The first-order chi connectivity index (χ1) is 6.50. The molecule has 0 unspecified atom stereocenters. The molecule has 1 N–H and O–H groups in total. The van der Waals surface area contributed by atoms with Crippen LogP contribution < -0.4 is 5.32 Å². The fourth-order valence-corrected chi connectivity index (χ4v) is 0.817. The summed E-state index contributed by atoms with van der Waals surface area (Å²) in [6.07, 6.45) is 0. The highest BCUT2D eigenvalue weighted by atomic mass is 19.1. The van der Waals surface area contributed by atoms with E-state index >= 15 is 0 Å². The van der Waals surface area contributed by atoms with Crippen molar-refractivity contribution in [1.29, 1.82) is 0 Å². The first-order valence-electron chi connectivity index (χ1n) is 4.19. The van der Waals surface area contributed by atoms with Crippen molar-refractivity contribution in [2.75, 3.05) is 5.32 Å². The molecule has 1 rings (SSSR count). The molecule has 1 amide bonds. The van der Waals surface area contributed by atoms with E-state index in [1.54, 1.807) is 13.8 Å². The molecular formula is C10H10F2NO. The molecule has 1 aromatic rings. The zero-order valence-electron chi connectivity index (χ0n) is 7.90. The summed E-state index contributed by atoms with van der Waals surface area (Å²) in [5.74, 6) is -2.24. The molecule has 75 valence electrons. The van der Waals surface area contributed by atoms with Gasteiger partial charge in [0.15, 0.2) is 5.82 Å². The summed E-state index contributed by atoms with van der Waals surface area (Å²) in [5.41, 5.74) is -0.0508. The van der Waals surface area contributed by atoms with Crippen LogP contribution in [0, 0.1) is 23.6 Å². The van der Waals surface area contributed by atoms with E-state index in [9.17, 15) is 13.6 Å². The maximum atomic E-state index is 13.0. The van der Waals surface area contributed by atoms with E-state index in [-0.39, 0.29) is 17.5 Å². The summed E-state index contributed by atoms with van der Waals surface area (Å²) in [6.45, 7) is 3.36. The van der Waals surface area contributed by atoms with Crippen LogP contribution in [-0.4, -0.2) is 5.91 Å². The molecule has 0 bridgehead atoms. The van der Waals surface area contributed by atoms with E-state index in [1.807, 2.05) is 6.07 Å². The SMILES string of the molecule is CC(C)C(=O)Nc1ccc(F)[c]c1F. The summed E-state index contributed by atoms with van der Waals surface area (Å²) in [6, 6.07) is 4.04. The standard InChI is InChI=1S/C10H10F2NO/c1-6(2)10(14)13-9-4-3-7(11)5-8(9)12/h3-4,6H,1-2H3,(H,13,14). The molecule has 1 radical (unpaired) electrons. The minimum absolute atomic E-state index is 0.0508. The van der Waals surface area contributed by atoms with Crippen LogP contribution in [0.2, 0.25) is 0 Å². The topological polar surface area (TPSA) is 29.1 Å². The van der Waals surface area contributed by atoms with Gasteiger partial charge >= 0.3 is 0 Å². The van der Waals surface area contributed by atoms with Gasteiger partial charge < -0.3 is 5.32 Å². The molecule has 0 saturated carbocycles. The number of benzene rings is 1. The molecule has 4 heteroatoms. The van der Waals surface area contributed by atoms with Gasteiger partial charge in [0, 0.05) is 5.92 Å². The van der Waals surface area contributed by atoms with Crippen molar-refractivity contribution in [3.8, 4) is 0 Å². The van der Waals surface area contributed by atoms with Crippen molar-refractivity contribution in [2.45, 2.75) is 13.8 Å². The number of rotatable bonds is 2. The van der Waals surface area contributed by atoms with Gasteiger partial charge in [0.2, 0.25) is 5.91 Å². The zero-order chi connectivity index (χ0) is 10.7. The summed E-state index contributed by atoms with van der Waals surface area (Å²) in [7, 11) is 0. The Labute approximate surface area is 80.9 Å². The normalized spacial score (nSPS) is 10.4. The summed E-state index contributed by atoms with van der Waals surface area (Å²) in [5, 5.41) is 2.33. The molecule has 0 aliphatic heterocycles. The first kappa shape index (κ1) is 10.6. The minimum atomic E-state index is -0.890. The molecule has 14 heavy (non-hydrogen) atoms. The number of hydrogen-bond donors (Lipinski definition) is 1. The molecule has 0 aliphatic carbocycles. The van der Waals surface area contributed by atoms with E-state index in [1.165, 1.54) is 6.07 Å². The second kappa shape index (κ2) is 4.17. The second-order valence-corrected chi connectivity index (χ2v) is 3.18. The number of anilines is 1. The number of nitrogens with one attached hydrogen (secondary N) is 1. The van der Waals surface area contributed by atoms with Crippen LogP contribution in [0.1, 0.15) is 13.8 Å². The van der Waals surface area contributed by atoms with Crippen molar-refractivity contribution >= 4 is 11.6 Å². The van der Waals surface area contributed by atoms with Gasteiger partial charge in [-0.2, -0.15) is 0 Å². The Hall–Kier alpha value is -1.45. The van der Waals surface area contributed by atoms with E-state index < -0.39 is 11.6 Å². The third-order valence-electron chi connectivity index (χ3n) is 1.64. The van der Waals surface area contributed by atoms with E-state index in [2.05, 4.69) is 5.32 Å². The van der Waals surface area contributed by atoms with Crippen molar-refractivity contribution in [2.24, 2.45) is 5.92 Å². The summed E-state index contributed by atoms with van der Waals surface area (Å²) in [4.78, 5) is 11.2. The number of carbonyl (C=O) groups excluding carboxylic acids is 1. The van der Waals surface area contributed by atoms with Gasteiger partial charge in [0.05, 0.1) is 11.8 Å². The predicted molar refractivity (Wildman–Crippen MR) is 48.7 cm³/mol. The van der Waals surface area contributed by atoms with Gasteiger partial charge in [-0.3, -0.25) is 4.79 Å². The highest BCUT2D eigenvalue weighted by Gasteiger charge is 2.10. The van der Waals surface area contributed by atoms with Gasteiger partial charge in [-0.1, -0.05) is 13.8 Å². The van der Waals surface area contributed by atoms with Crippen LogP contribution in [0.3, 0.4) is 0 Å². The average Bonchev–Trinajstić information content (AvgIpc) is 2.09. The fraction of sp³-hybridized carbons (Fsp3) is 0.300. The Balaban J connectivity index is 2.82. The predicted octanol–water partition coefficient (Wildman–Crippen LogP) is 2.36. The van der Waals surface area contributed by atoms with Gasteiger partial charge in [-0.15, -0.1) is 0 Å². The maximum absolute atomic E-state index is 13.0. The van der Waals surface area contributed by atoms with Gasteiger partial charge in [-0.25, -0.2) is 8.78 Å². The average molecular weight is 198 g/mol. The van der Waals surface area contributed by atoms with Crippen LogP contribution >= 0.6 is 0 Å². The Morgan fingerprint density at radius 3 is 2.57 bits per heavy atom. The van der Waals surface area contributed by atoms with E-state index in [0.29, 0.717) is 0 Å². The molecule has 1 aromatic carbocycles. The maximum Gasteiger partial charge on any atom is 0.227 e. The number of halogens is 2. The third-order valence-corrected chi connectivity index (χ3v) is 1.64. The number of amides is 1. The largest absolute Gasteiger partial charge is 0.323 e. The Morgan fingerprint density at radius 2 is 2.07 bits per heavy atom. The molecule has 0 spiro atoms. The lowest BCUT2D eigenvalue weighted by atomic mass is 10.2. The van der Waals surface area contributed by atoms with E-state index in [4.69, 9.17) is 0 Å². The molecule has 0 fully saturated rings. The van der Waals surface area contributed by atoms with Crippen LogP contribution in [0.25, 0.3) is 0 Å². The number of hydrogen-bond acceptors (Lipinski definition) is 1. The highest BCUT2D eigenvalue weighted by molar-refractivity contribution is 5.92. The summed E-state index contributed by atoms with van der Waals surface area (Å²) < 4.78 is 25.4. The lowest BCUT2D eigenvalue weighted by molar-refractivity contribution is -0.118. The van der Waals surface area contributed by atoms with Crippen LogP contribution in [-0.2, 0) is 4.79 Å². The lowest BCUT2D eigenvalue weighted by Gasteiger charge is -2.07. The zero-order valence-corrected chi connectivity index (χ0v) is 7.90. The molecule has 0 saturated heterocycles. The third kappa shape index (κ3) is 2.52. The Morgan fingerprint density at radius 1 is 1.43 bits per heavy atom. The van der Waals surface area contributed by atoms with E-state index in [0.717, 1.165) is 6.07 Å². The van der Waals surface area contributed by atoms with Crippen molar-refractivity contribution < 1.29 is 13.6 Å². The lowest BCUT2D eigenvalue weighted by Crippen LogP contribution is -2.18. The second-order valence-electron chi connectivity index (χ2n) is 3.18. The Bertz CT molecular complexity index is 350. The highest BCUT2D eigenvalue weighted by Crippen LogP contribution is 2.14. The van der Waals surface area contributed by atoms with Crippen LogP contribution in [0.5, 0.6) is 0 Å². The van der Waals surface area contributed by atoms with Gasteiger partial charge in [-0.05, 0) is 12.1 Å². The monoisotopic (exact) mass is 198 g/mol. The molecule has 0 aromatic heterocycles. The van der Waals surface area contributed by atoms with Gasteiger partial charge in [0.25, 0.3) is 0 Å². The summed E-state index contributed by atoms with van der Waals surface area (Å²) >= 11 is 0.